The van der Waals surface area contributed by atoms with Crippen LogP contribution in [0.3, 0.4) is 0 Å². The fraction of sp³-hybridized carbons (Fsp3) is 0.143. The second-order valence-corrected chi connectivity index (χ2v) is 6.87. The highest BCUT2D eigenvalue weighted by molar-refractivity contribution is 5.92. The van der Waals surface area contributed by atoms with Crippen LogP contribution in [-0.4, -0.2) is 27.1 Å². The average Bonchev–Trinajstić information content (AvgIpc) is 3.01. The summed E-state index contributed by atoms with van der Waals surface area (Å²) in [7, 11) is 0. The Morgan fingerprint density at radius 2 is 1.84 bits per heavy atom. The topological polar surface area (TPSA) is 122 Å². The van der Waals surface area contributed by atoms with Crippen LogP contribution in [0.2, 0.25) is 0 Å². The summed E-state index contributed by atoms with van der Waals surface area (Å²) in [6, 6.07) is 12.8. The van der Waals surface area contributed by atoms with E-state index in [1.165, 1.54) is 12.1 Å². The van der Waals surface area contributed by atoms with E-state index in [1.54, 1.807) is 16.7 Å². The van der Waals surface area contributed by atoms with E-state index in [9.17, 15) is 23.2 Å². The summed E-state index contributed by atoms with van der Waals surface area (Å²) in [5, 5.41) is 14.4. The zero-order valence-corrected chi connectivity index (χ0v) is 16.4. The number of nitrogens with zero attached hydrogens (tertiary/aromatic N) is 4. The monoisotopic (exact) mass is 439 g/mol. The number of benzene rings is 2. The van der Waals surface area contributed by atoms with E-state index in [0.29, 0.717) is 22.2 Å². The number of urea groups is 1. The number of hydrogen-bond donors (Lipinski definition) is 3. The number of nitrogens with two attached hydrogens (primary N) is 1. The molecule has 0 atom stereocenters. The van der Waals surface area contributed by atoms with Gasteiger partial charge in [-0.15, -0.1) is 0 Å². The van der Waals surface area contributed by atoms with Crippen LogP contribution in [0.25, 0.3) is 22.2 Å². The van der Waals surface area contributed by atoms with Crippen molar-refractivity contribution in [1.29, 1.82) is 5.26 Å². The molecule has 4 rings (SSSR count). The number of para-hydroxylation sites is 2. The minimum absolute atomic E-state index is 0.00681. The Balaban J connectivity index is 1.50. The van der Waals surface area contributed by atoms with Crippen molar-refractivity contribution in [3.05, 3.63) is 59.7 Å². The molecule has 32 heavy (non-hydrogen) atoms. The van der Waals surface area contributed by atoms with E-state index in [0.717, 1.165) is 12.1 Å². The number of carbonyl (C=O) groups excluding carboxylic acids is 1. The van der Waals surface area contributed by atoms with Gasteiger partial charge in [0.2, 0.25) is 0 Å². The van der Waals surface area contributed by atoms with Crippen LogP contribution in [0, 0.1) is 11.3 Å². The lowest BCUT2D eigenvalue weighted by Crippen LogP contribution is -2.31. The molecule has 0 radical (unpaired) electrons. The fourth-order valence-electron chi connectivity index (χ4n) is 3.28. The molecule has 0 aliphatic rings. The maximum Gasteiger partial charge on any atom is 0.416 e. The zero-order chi connectivity index (χ0) is 22.9. The summed E-state index contributed by atoms with van der Waals surface area (Å²) in [5.74, 6) is 0.165. The first-order chi connectivity index (χ1) is 15.3. The van der Waals surface area contributed by atoms with Gasteiger partial charge >= 0.3 is 12.2 Å². The molecule has 0 fully saturated rings. The standard InChI is InChI=1S/C21H16F3N7O/c22-21(23,24)12-4-3-5-13(10-12)28-20(32)27-8-9-31-18(26)14(11-25)17-19(31)30-16-7-2-1-6-15(16)29-17/h1-7,10H,8-9,26H2,(H2,27,28,32). The molecule has 162 valence electrons. The molecule has 2 aromatic carbocycles. The quantitative estimate of drug-likeness (QED) is 0.446. The van der Waals surface area contributed by atoms with E-state index in [1.807, 2.05) is 18.2 Å². The Hall–Kier alpha value is -4.33. The molecule has 0 unspecified atom stereocenters. The highest BCUT2D eigenvalue weighted by Gasteiger charge is 2.30. The van der Waals surface area contributed by atoms with Gasteiger partial charge in [0, 0.05) is 18.8 Å². The molecule has 8 nitrogen and oxygen atoms in total. The molecule has 0 aliphatic carbocycles. The maximum absolute atomic E-state index is 12.8. The number of carbonyl (C=O) groups is 1. The molecule has 2 heterocycles. The highest BCUT2D eigenvalue weighted by atomic mass is 19.4. The Labute approximate surface area is 179 Å². The summed E-state index contributed by atoms with van der Waals surface area (Å²) < 4.78 is 40.0. The largest absolute Gasteiger partial charge is 0.416 e. The normalized spacial score (nSPS) is 11.4. The van der Waals surface area contributed by atoms with Crippen LogP contribution >= 0.6 is 0 Å². The first-order valence-corrected chi connectivity index (χ1v) is 9.44. The first kappa shape index (κ1) is 20.9. The summed E-state index contributed by atoms with van der Waals surface area (Å²) >= 11 is 0. The lowest BCUT2D eigenvalue weighted by atomic mass is 10.2. The number of halogens is 3. The third-order valence-electron chi connectivity index (χ3n) is 4.77. The molecule has 4 N–H and O–H groups in total. The molecule has 2 aromatic heterocycles. The van der Waals surface area contributed by atoms with Crippen molar-refractivity contribution < 1.29 is 18.0 Å². The van der Waals surface area contributed by atoms with Crippen LogP contribution in [-0.2, 0) is 12.7 Å². The van der Waals surface area contributed by atoms with Crippen LogP contribution in [0.1, 0.15) is 11.1 Å². The minimum atomic E-state index is -4.51. The highest BCUT2D eigenvalue weighted by Crippen LogP contribution is 2.30. The third kappa shape index (κ3) is 3.98. The van der Waals surface area contributed by atoms with E-state index < -0.39 is 17.8 Å². The zero-order valence-electron chi connectivity index (χ0n) is 16.4. The van der Waals surface area contributed by atoms with Gasteiger partial charge in [-0.2, -0.15) is 18.4 Å². The van der Waals surface area contributed by atoms with Crippen LogP contribution < -0.4 is 16.4 Å². The van der Waals surface area contributed by atoms with E-state index >= 15 is 0 Å². The van der Waals surface area contributed by atoms with Crippen LogP contribution in [0.15, 0.2) is 48.5 Å². The molecular formula is C21H16F3N7O. The van der Waals surface area contributed by atoms with Gasteiger partial charge in [-0.1, -0.05) is 18.2 Å². The van der Waals surface area contributed by atoms with Crippen molar-refractivity contribution in [2.45, 2.75) is 12.7 Å². The van der Waals surface area contributed by atoms with E-state index in [-0.39, 0.29) is 30.2 Å². The summed E-state index contributed by atoms with van der Waals surface area (Å²) in [4.78, 5) is 21.1. The molecular weight excluding hydrogens is 423 g/mol. The Morgan fingerprint density at radius 3 is 2.53 bits per heavy atom. The Bertz CT molecular complexity index is 1370. The first-order valence-electron chi connectivity index (χ1n) is 9.44. The fourth-order valence-corrected chi connectivity index (χ4v) is 3.28. The molecule has 4 aromatic rings. The predicted molar refractivity (Wildman–Crippen MR) is 113 cm³/mol. The van der Waals surface area contributed by atoms with Gasteiger partial charge in [-0.05, 0) is 30.3 Å². The van der Waals surface area contributed by atoms with Crippen molar-refractivity contribution in [2.24, 2.45) is 0 Å². The van der Waals surface area contributed by atoms with Crippen molar-refractivity contribution >= 4 is 39.7 Å². The van der Waals surface area contributed by atoms with Crippen molar-refractivity contribution in [3.8, 4) is 6.07 Å². The number of hydrogen-bond acceptors (Lipinski definition) is 5. The number of nitriles is 1. The van der Waals surface area contributed by atoms with Crippen LogP contribution in [0.5, 0.6) is 0 Å². The smallest absolute Gasteiger partial charge is 0.384 e. The van der Waals surface area contributed by atoms with Gasteiger partial charge in [-0.25, -0.2) is 14.8 Å². The molecule has 0 aliphatic heterocycles. The number of anilines is 2. The van der Waals surface area contributed by atoms with Crippen molar-refractivity contribution in [1.82, 2.24) is 19.9 Å². The van der Waals surface area contributed by atoms with Crippen LogP contribution in [0.4, 0.5) is 29.5 Å². The second kappa shape index (κ2) is 8.07. The van der Waals surface area contributed by atoms with E-state index in [4.69, 9.17) is 5.73 Å². The van der Waals surface area contributed by atoms with Gasteiger partial charge in [0.1, 0.15) is 23.0 Å². The maximum atomic E-state index is 12.8. The minimum Gasteiger partial charge on any atom is -0.384 e. The van der Waals surface area contributed by atoms with E-state index in [2.05, 4.69) is 20.6 Å². The number of aromatic nitrogens is 3. The van der Waals surface area contributed by atoms with Gasteiger partial charge < -0.3 is 20.9 Å². The summed E-state index contributed by atoms with van der Waals surface area (Å²) in [6.07, 6.45) is -4.51. The van der Waals surface area contributed by atoms with Gasteiger partial charge in [0.05, 0.1) is 16.6 Å². The lowest BCUT2D eigenvalue weighted by Gasteiger charge is -2.12. The van der Waals surface area contributed by atoms with Gasteiger partial charge in [0.15, 0.2) is 5.65 Å². The number of nitrogens with one attached hydrogen (secondary N) is 2. The SMILES string of the molecule is N#Cc1c(N)n(CCNC(=O)Nc2cccc(C(F)(F)F)c2)c2nc3ccccc3nc12. The van der Waals surface area contributed by atoms with Crippen molar-refractivity contribution in [3.63, 3.8) is 0 Å². The molecule has 0 saturated carbocycles. The summed E-state index contributed by atoms with van der Waals surface area (Å²) in [6.45, 7) is 0.255. The number of amides is 2. The molecule has 0 saturated heterocycles. The summed E-state index contributed by atoms with van der Waals surface area (Å²) in [5.41, 5.74) is 7.44. The number of nitrogen functional groups attached to an aromatic ring is 1. The lowest BCUT2D eigenvalue weighted by molar-refractivity contribution is -0.137. The van der Waals surface area contributed by atoms with Gasteiger partial charge in [-0.3, -0.25) is 0 Å². The number of rotatable bonds is 4. The Kier molecular flexibility index (Phi) is 5.28. The molecule has 2 amide bonds. The number of alkyl halides is 3. The third-order valence-corrected chi connectivity index (χ3v) is 4.77. The van der Waals surface area contributed by atoms with Gasteiger partial charge in [0.25, 0.3) is 0 Å². The molecule has 11 heteroatoms. The molecule has 0 spiro atoms. The predicted octanol–water partition coefficient (Wildman–Crippen LogP) is 3.88. The van der Waals surface area contributed by atoms with Crippen molar-refractivity contribution in [2.75, 3.05) is 17.6 Å². The Morgan fingerprint density at radius 1 is 1.12 bits per heavy atom. The second-order valence-electron chi connectivity index (χ2n) is 6.87. The number of fused-ring (bicyclic) bond motifs is 2. The molecule has 0 bridgehead atoms. The average molecular weight is 439 g/mol.